The molecule has 290 valence electrons. The highest BCUT2D eigenvalue weighted by atomic mass is 127. The summed E-state index contributed by atoms with van der Waals surface area (Å²) >= 11 is 2.30. The number of fused-ring (bicyclic) bond motifs is 4. The smallest absolute Gasteiger partial charge is 0.113 e. The lowest BCUT2D eigenvalue weighted by Gasteiger charge is -1.99. The molecule has 0 aliphatic carbocycles. The van der Waals surface area contributed by atoms with Crippen LogP contribution in [-0.4, -0.2) is 41.5 Å². The maximum Gasteiger partial charge on any atom is 0.113 e. The van der Waals surface area contributed by atoms with Gasteiger partial charge in [0.2, 0.25) is 0 Å². The van der Waals surface area contributed by atoms with Gasteiger partial charge in [0.1, 0.15) is 5.69 Å². The van der Waals surface area contributed by atoms with Gasteiger partial charge >= 0.3 is 0 Å². The van der Waals surface area contributed by atoms with Gasteiger partial charge in [-0.15, -0.1) is 17.9 Å². The van der Waals surface area contributed by atoms with E-state index in [1.54, 1.807) is 18.6 Å². The largest absolute Gasteiger partial charge is 0.256 e. The van der Waals surface area contributed by atoms with Gasteiger partial charge in [-0.1, -0.05) is 72.8 Å². The third kappa shape index (κ3) is 13.2. The minimum absolute atomic E-state index is 0.622. The fourth-order valence-corrected chi connectivity index (χ4v) is 6.04. The molecule has 9 aromatic rings. The van der Waals surface area contributed by atoms with E-state index < -0.39 is 0 Å². The number of aryl methyl sites for hydroxylation is 1. The Balaban J connectivity index is 0.000000145. The standard InChI is InChI=1S/C14H14N4.2C11H7N.C9H6IN.C3H7N3/c1-2-8-18-10-14(16-17-18)12-5-6-13-11(9-12)4-3-7-15-13;2*1-2-9-5-6-11-10(8-9)4-3-7-12-11;10-8-3-4-9-7(6-8)2-1-5-11-9;1-2-3-5-6-4/h3-7,9-10H,2,8H2,1H3;2*1,3-8H;1-6H;2-3H2,1H3. The van der Waals surface area contributed by atoms with Crippen molar-refractivity contribution >= 4 is 66.2 Å². The number of hydrogen-bond donors (Lipinski definition) is 0. The van der Waals surface area contributed by atoms with Crippen LogP contribution in [-0.2, 0) is 6.54 Å². The van der Waals surface area contributed by atoms with Crippen molar-refractivity contribution in [2.75, 3.05) is 6.54 Å². The van der Waals surface area contributed by atoms with Gasteiger partial charge in [-0.2, -0.15) is 0 Å². The number of rotatable bonds is 5. The molecule has 0 saturated heterocycles. The summed E-state index contributed by atoms with van der Waals surface area (Å²) in [5, 5.41) is 16.1. The van der Waals surface area contributed by atoms with Gasteiger partial charge in [-0.25, -0.2) is 0 Å². The van der Waals surface area contributed by atoms with Crippen molar-refractivity contribution in [1.82, 2.24) is 34.9 Å². The number of aromatic nitrogens is 7. The molecule has 4 aromatic carbocycles. The summed E-state index contributed by atoms with van der Waals surface area (Å²) in [6.45, 7) is 5.62. The van der Waals surface area contributed by atoms with Gasteiger partial charge in [-0.3, -0.25) is 24.6 Å². The molecule has 0 N–H and O–H groups in total. The summed E-state index contributed by atoms with van der Waals surface area (Å²) in [5.41, 5.74) is 15.5. The third-order valence-corrected chi connectivity index (χ3v) is 9.05. The number of nitrogens with zero attached hydrogens (tertiary/aromatic N) is 10. The van der Waals surface area contributed by atoms with Gasteiger partial charge in [-0.05, 0) is 126 Å². The molecule has 59 heavy (non-hydrogen) atoms. The van der Waals surface area contributed by atoms with E-state index in [2.05, 4.69) is 112 Å². The van der Waals surface area contributed by atoms with Crippen molar-refractivity contribution in [3.8, 4) is 35.9 Å². The van der Waals surface area contributed by atoms with E-state index in [4.69, 9.17) is 18.4 Å². The number of terminal acetylenes is 2. The number of halogens is 1. The monoisotopic (exact) mass is 884 g/mol. The Hall–Kier alpha value is -7.18. The molecule has 0 saturated carbocycles. The Labute approximate surface area is 357 Å². The summed E-state index contributed by atoms with van der Waals surface area (Å²) in [7, 11) is 0. The first-order valence-corrected chi connectivity index (χ1v) is 19.9. The summed E-state index contributed by atoms with van der Waals surface area (Å²) in [5.74, 6) is 5.18. The Morgan fingerprint density at radius 3 is 1.56 bits per heavy atom. The van der Waals surface area contributed by atoms with E-state index in [9.17, 15) is 0 Å². The SMILES string of the molecule is C#Cc1ccc2ncccc2c1.C#Cc1ccc2ncccc2c1.CCCN=[N+]=[N-].CCCn1cc(-c2ccc3ncccc3c2)nn1.Ic1ccc2ncccc2c1. The van der Waals surface area contributed by atoms with Crippen LogP contribution in [0, 0.1) is 28.3 Å². The third-order valence-electron chi connectivity index (χ3n) is 8.38. The average molecular weight is 885 g/mol. The Morgan fingerprint density at radius 2 is 1.10 bits per heavy atom. The van der Waals surface area contributed by atoms with Gasteiger partial charge in [0, 0.05) is 84.6 Å². The molecule has 5 aromatic heterocycles. The van der Waals surface area contributed by atoms with Crippen LogP contribution in [0.1, 0.15) is 37.8 Å². The summed E-state index contributed by atoms with van der Waals surface area (Å²) in [6.07, 6.45) is 21.7. The predicted molar refractivity (Wildman–Crippen MR) is 249 cm³/mol. The zero-order chi connectivity index (χ0) is 41.7. The van der Waals surface area contributed by atoms with Crippen LogP contribution in [0.3, 0.4) is 0 Å². The normalized spacial score (nSPS) is 9.85. The molecular weight excluding hydrogens is 844 g/mol. The molecule has 0 radical (unpaired) electrons. The van der Waals surface area contributed by atoms with Crippen LogP contribution in [0.15, 0.2) is 157 Å². The quantitative estimate of drug-likeness (QED) is 0.0556. The molecule has 0 aliphatic rings. The molecule has 0 amide bonds. The van der Waals surface area contributed by atoms with Crippen LogP contribution in [0.4, 0.5) is 0 Å². The van der Waals surface area contributed by atoms with E-state index in [0.717, 1.165) is 80.0 Å². The first-order valence-electron chi connectivity index (χ1n) is 18.8. The van der Waals surface area contributed by atoms with E-state index >= 15 is 0 Å². The lowest BCUT2D eigenvalue weighted by molar-refractivity contribution is 0.579. The Morgan fingerprint density at radius 1 is 0.627 bits per heavy atom. The fourth-order valence-electron chi connectivity index (χ4n) is 5.53. The Kier molecular flexibility index (Phi) is 16.9. The second-order valence-corrected chi connectivity index (χ2v) is 13.9. The maximum absolute atomic E-state index is 7.66. The molecule has 11 heteroatoms. The fraction of sp³-hybridized carbons (Fsp3) is 0.125. The summed E-state index contributed by atoms with van der Waals surface area (Å²) in [4.78, 5) is 19.5. The highest BCUT2D eigenvalue weighted by molar-refractivity contribution is 14.1. The maximum atomic E-state index is 7.66. The van der Waals surface area contributed by atoms with E-state index in [0.29, 0.717) is 6.54 Å². The van der Waals surface area contributed by atoms with Crippen LogP contribution in [0.2, 0.25) is 0 Å². The number of pyridine rings is 4. The minimum Gasteiger partial charge on any atom is -0.256 e. The number of hydrogen-bond acceptors (Lipinski definition) is 7. The van der Waals surface area contributed by atoms with Gasteiger partial charge in [0.25, 0.3) is 0 Å². The van der Waals surface area contributed by atoms with E-state index in [-0.39, 0.29) is 0 Å². The molecule has 5 heterocycles. The molecule has 0 fully saturated rings. The summed E-state index contributed by atoms with van der Waals surface area (Å²) < 4.78 is 3.13. The predicted octanol–water partition coefficient (Wildman–Crippen LogP) is 11.9. The molecule has 0 bridgehead atoms. The van der Waals surface area contributed by atoms with Crippen molar-refractivity contribution < 1.29 is 0 Å². The minimum atomic E-state index is 0.622. The average Bonchev–Trinajstić information content (AvgIpc) is 3.77. The first-order chi connectivity index (χ1) is 28.9. The topological polar surface area (TPSA) is 131 Å². The second kappa shape index (κ2) is 23.1. The first kappa shape index (κ1) is 43.0. The number of azide groups is 1. The lowest BCUT2D eigenvalue weighted by atomic mass is 10.1. The van der Waals surface area contributed by atoms with Crippen LogP contribution in [0.25, 0.3) is 65.3 Å². The molecule has 10 nitrogen and oxygen atoms in total. The van der Waals surface area contributed by atoms with Crippen LogP contribution < -0.4 is 0 Å². The lowest BCUT2D eigenvalue weighted by Crippen LogP contribution is -1.96. The van der Waals surface area contributed by atoms with Crippen molar-refractivity contribution in [3.63, 3.8) is 0 Å². The summed E-state index contributed by atoms with van der Waals surface area (Å²) in [6, 6.07) is 39.8. The molecule has 0 atom stereocenters. The van der Waals surface area contributed by atoms with Crippen LogP contribution in [0.5, 0.6) is 0 Å². The zero-order valence-corrected chi connectivity index (χ0v) is 34.9. The molecular formula is C48H41IN10. The van der Waals surface area contributed by atoms with E-state index in [1.165, 1.54) is 8.96 Å². The van der Waals surface area contributed by atoms with Gasteiger partial charge < -0.3 is 0 Å². The molecule has 0 spiro atoms. The molecule has 0 unspecified atom stereocenters. The van der Waals surface area contributed by atoms with Crippen molar-refractivity contribution in [1.29, 1.82) is 0 Å². The molecule has 9 rings (SSSR count). The van der Waals surface area contributed by atoms with Crippen LogP contribution >= 0.6 is 22.6 Å². The van der Waals surface area contributed by atoms with Crippen molar-refractivity contribution in [2.45, 2.75) is 33.2 Å². The molecule has 0 aliphatic heterocycles. The van der Waals surface area contributed by atoms with Gasteiger partial charge in [0.15, 0.2) is 0 Å². The van der Waals surface area contributed by atoms with Crippen molar-refractivity contribution in [3.05, 3.63) is 177 Å². The zero-order valence-electron chi connectivity index (χ0n) is 32.8. The highest BCUT2D eigenvalue weighted by Crippen LogP contribution is 2.21. The number of benzene rings is 4. The van der Waals surface area contributed by atoms with Crippen molar-refractivity contribution in [2.24, 2.45) is 5.11 Å². The van der Waals surface area contributed by atoms with Gasteiger partial charge in [0.05, 0.1) is 28.3 Å². The Bertz CT molecular complexity index is 2800. The second-order valence-electron chi connectivity index (χ2n) is 12.7. The highest BCUT2D eigenvalue weighted by Gasteiger charge is 2.05. The van der Waals surface area contributed by atoms with E-state index in [1.807, 2.05) is 115 Å².